The first-order valence-electron chi connectivity index (χ1n) is 6.21. The highest BCUT2D eigenvalue weighted by Crippen LogP contribution is 2.37. The molecule has 3 nitrogen and oxygen atoms in total. The van der Waals surface area contributed by atoms with Crippen molar-refractivity contribution in [2.24, 2.45) is 0 Å². The molecule has 0 N–H and O–H groups in total. The van der Waals surface area contributed by atoms with E-state index >= 15 is 0 Å². The van der Waals surface area contributed by atoms with Gasteiger partial charge in [0.2, 0.25) is 0 Å². The number of nitrogens with zero attached hydrogens (tertiary/aromatic N) is 3. The molecule has 0 radical (unpaired) electrons. The number of aryl methyl sites for hydroxylation is 1. The summed E-state index contributed by atoms with van der Waals surface area (Å²) in [5.74, 6) is 0. The molecule has 0 saturated carbocycles. The number of fused-ring (bicyclic) bond motifs is 1. The second-order valence-electron chi connectivity index (χ2n) is 4.61. The molecule has 1 aromatic carbocycles. The van der Waals surface area contributed by atoms with Gasteiger partial charge < -0.3 is 0 Å². The molecule has 0 spiro atoms. The third-order valence-corrected chi connectivity index (χ3v) is 3.15. The largest absolute Gasteiger partial charge is 0.417 e. The average molecular weight is 289 g/mol. The lowest BCUT2D eigenvalue weighted by atomic mass is 10.0. The lowest BCUT2D eigenvalue weighted by molar-refractivity contribution is -0.137. The molecule has 3 rings (SSSR count). The van der Waals surface area contributed by atoms with Crippen molar-refractivity contribution in [2.45, 2.75) is 13.1 Å². The van der Waals surface area contributed by atoms with Gasteiger partial charge in [-0.1, -0.05) is 18.2 Å². The molecule has 0 bridgehead atoms. The molecule has 0 aliphatic rings. The first-order valence-corrected chi connectivity index (χ1v) is 6.21. The minimum atomic E-state index is -4.43. The van der Waals surface area contributed by atoms with Gasteiger partial charge in [0.1, 0.15) is 6.33 Å². The van der Waals surface area contributed by atoms with Crippen molar-refractivity contribution in [3.05, 3.63) is 54.1 Å². The van der Waals surface area contributed by atoms with Gasteiger partial charge in [0.05, 0.1) is 23.0 Å². The Kier molecular flexibility index (Phi) is 3.08. The summed E-state index contributed by atoms with van der Waals surface area (Å²) in [4.78, 5) is 12.2. The van der Waals surface area contributed by atoms with Crippen LogP contribution in [-0.4, -0.2) is 15.0 Å². The molecule has 21 heavy (non-hydrogen) atoms. The molecular formula is C15H10F3N3. The Hall–Kier alpha value is -2.50. The van der Waals surface area contributed by atoms with Crippen molar-refractivity contribution < 1.29 is 13.2 Å². The Morgan fingerprint density at radius 3 is 2.52 bits per heavy atom. The number of benzene rings is 1. The van der Waals surface area contributed by atoms with E-state index in [4.69, 9.17) is 0 Å². The van der Waals surface area contributed by atoms with Gasteiger partial charge in [-0.2, -0.15) is 13.2 Å². The second kappa shape index (κ2) is 4.80. The smallest absolute Gasteiger partial charge is 0.259 e. The monoisotopic (exact) mass is 289 g/mol. The number of hydrogen-bond donors (Lipinski definition) is 0. The minimum Gasteiger partial charge on any atom is -0.259 e. The molecule has 0 unspecified atom stereocenters. The van der Waals surface area contributed by atoms with E-state index in [0.29, 0.717) is 16.6 Å². The molecule has 2 aromatic heterocycles. The summed E-state index contributed by atoms with van der Waals surface area (Å²) in [6.45, 7) is 1.77. The highest BCUT2D eigenvalue weighted by Gasteiger charge is 2.34. The van der Waals surface area contributed by atoms with E-state index in [1.807, 2.05) is 0 Å². The van der Waals surface area contributed by atoms with Crippen LogP contribution in [0.15, 0.2) is 42.9 Å². The van der Waals surface area contributed by atoms with Gasteiger partial charge in [-0.05, 0) is 19.1 Å². The fourth-order valence-electron chi connectivity index (χ4n) is 2.21. The zero-order valence-corrected chi connectivity index (χ0v) is 11.0. The fraction of sp³-hybridized carbons (Fsp3) is 0.133. The zero-order valence-electron chi connectivity index (χ0n) is 11.0. The summed E-state index contributed by atoms with van der Waals surface area (Å²) < 4.78 is 39.5. The molecular weight excluding hydrogens is 279 g/mol. The highest BCUT2D eigenvalue weighted by molar-refractivity contribution is 5.92. The van der Waals surface area contributed by atoms with Gasteiger partial charge in [0, 0.05) is 16.6 Å². The Bertz CT molecular complexity index is 813. The first-order chi connectivity index (χ1) is 9.97. The number of hydrogen-bond acceptors (Lipinski definition) is 3. The van der Waals surface area contributed by atoms with Gasteiger partial charge in [-0.3, -0.25) is 4.98 Å². The van der Waals surface area contributed by atoms with Gasteiger partial charge in [-0.25, -0.2) is 9.97 Å². The Morgan fingerprint density at radius 2 is 1.76 bits per heavy atom. The average Bonchev–Trinajstić information content (AvgIpc) is 2.45. The summed E-state index contributed by atoms with van der Waals surface area (Å²) in [7, 11) is 0. The quantitative estimate of drug-likeness (QED) is 0.679. The normalized spacial score (nSPS) is 11.8. The number of pyridine rings is 1. The molecule has 0 saturated heterocycles. The lowest BCUT2D eigenvalue weighted by Crippen LogP contribution is -2.07. The zero-order chi connectivity index (χ0) is 15.0. The van der Waals surface area contributed by atoms with Crippen molar-refractivity contribution >= 4 is 10.9 Å². The first kappa shape index (κ1) is 13.5. The van der Waals surface area contributed by atoms with Crippen LogP contribution < -0.4 is 0 Å². The van der Waals surface area contributed by atoms with Crippen molar-refractivity contribution in [1.29, 1.82) is 0 Å². The highest BCUT2D eigenvalue weighted by atomic mass is 19.4. The van der Waals surface area contributed by atoms with Gasteiger partial charge in [0.25, 0.3) is 0 Å². The van der Waals surface area contributed by atoms with Crippen LogP contribution in [0.4, 0.5) is 13.2 Å². The van der Waals surface area contributed by atoms with Crippen LogP contribution in [0.25, 0.3) is 22.2 Å². The molecule has 6 heteroatoms. The Balaban J connectivity index is 2.34. The minimum absolute atomic E-state index is 0.0444. The number of rotatable bonds is 1. The molecule has 106 valence electrons. The molecule has 0 aliphatic carbocycles. The van der Waals surface area contributed by atoms with Crippen LogP contribution in [0.5, 0.6) is 0 Å². The molecule has 0 amide bonds. The number of alkyl halides is 3. The molecule has 3 aromatic rings. The van der Waals surface area contributed by atoms with E-state index in [-0.39, 0.29) is 11.3 Å². The number of aromatic nitrogens is 3. The van der Waals surface area contributed by atoms with E-state index in [1.165, 1.54) is 24.7 Å². The number of halogens is 3. The van der Waals surface area contributed by atoms with Crippen LogP contribution in [0.3, 0.4) is 0 Å². The second-order valence-corrected chi connectivity index (χ2v) is 4.61. The van der Waals surface area contributed by atoms with Crippen LogP contribution >= 0.6 is 0 Å². The molecule has 0 fully saturated rings. The van der Waals surface area contributed by atoms with Crippen molar-refractivity contribution in [1.82, 2.24) is 15.0 Å². The van der Waals surface area contributed by atoms with Gasteiger partial charge in [-0.15, -0.1) is 0 Å². The third kappa shape index (κ3) is 2.44. The van der Waals surface area contributed by atoms with Crippen LogP contribution in [0.1, 0.15) is 11.3 Å². The van der Waals surface area contributed by atoms with E-state index in [1.54, 1.807) is 19.1 Å². The molecule has 2 heterocycles. The summed E-state index contributed by atoms with van der Waals surface area (Å²) >= 11 is 0. The van der Waals surface area contributed by atoms with E-state index in [2.05, 4.69) is 15.0 Å². The van der Waals surface area contributed by atoms with Crippen LogP contribution in [0.2, 0.25) is 0 Å². The topological polar surface area (TPSA) is 38.7 Å². The van der Waals surface area contributed by atoms with E-state index in [9.17, 15) is 13.2 Å². The molecule has 0 aliphatic heterocycles. The summed E-state index contributed by atoms with van der Waals surface area (Å²) in [5, 5.41) is 0.557. The summed E-state index contributed by atoms with van der Waals surface area (Å²) in [5.41, 5.74) is 0.812. The predicted octanol–water partition coefficient (Wildman–Crippen LogP) is 4.02. The van der Waals surface area contributed by atoms with Crippen molar-refractivity contribution in [3.63, 3.8) is 0 Å². The fourth-order valence-corrected chi connectivity index (χ4v) is 2.21. The van der Waals surface area contributed by atoms with Gasteiger partial charge in [0.15, 0.2) is 0 Å². The van der Waals surface area contributed by atoms with Crippen molar-refractivity contribution in [3.8, 4) is 11.3 Å². The Labute approximate surface area is 118 Å². The van der Waals surface area contributed by atoms with E-state index < -0.39 is 11.7 Å². The SMILES string of the molecule is Cc1cc2c(-c3ccccc3C(F)(F)F)ncnc2cn1. The lowest BCUT2D eigenvalue weighted by Gasteiger charge is -2.13. The maximum absolute atomic E-state index is 13.2. The van der Waals surface area contributed by atoms with Gasteiger partial charge >= 0.3 is 6.18 Å². The third-order valence-electron chi connectivity index (χ3n) is 3.15. The maximum atomic E-state index is 13.2. The van der Waals surface area contributed by atoms with Crippen LogP contribution in [0, 0.1) is 6.92 Å². The molecule has 0 atom stereocenters. The predicted molar refractivity (Wildman–Crippen MR) is 72.5 cm³/mol. The summed E-state index contributed by atoms with van der Waals surface area (Å²) in [6, 6.07) is 7.09. The Morgan fingerprint density at radius 1 is 1.00 bits per heavy atom. The van der Waals surface area contributed by atoms with E-state index in [0.717, 1.165) is 6.07 Å². The van der Waals surface area contributed by atoms with Crippen LogP contribution in [-0.2, 0) is 6.18 Å². The summed E-state index contributed by atoms with van der Waals surface area (Å²) in [6.07, 6.45) is -1.65. The van der Waals surface area contributed by atoms with Crippen molar-refractivity contribution in [2.75, 3.05) is 0 Å². The standard InChI is InChI=1S/C15H10F3N3/c1-9-6-11-13(7-19-9)20-8-21-14(11)10-4-2-3-5-12(10)15(16,17)18/h2-8H,1H3. The maximum Gasteiger partial charge on any atom is 0.417 e.